The molecule has 1 unspecified atom stereocenters. The first-order valence-electron chi connectivity index (χ1n) is 8.75. The third-order valence-corrected chi connectivity index (χ3v) is 4.30. The van der Waals surface area contributed by atoms with Crippen molar-refractivity contribution in [2.24, 2.45) is 0 Å². The van der Waals surface area contributed by atoms with Crippen LogP contribution in [0, 0.1) is 0 Å². The Labute approximate surface area is 145 Å². The largest absolute Gasteiger partial charge is 0.444 e. The van der Waals surface area contributed by atoms with E-state index in [1.54, 1.807) is 4.90 Å². The summed E-state index contributed by atoms with van der Waals surface area (Å²) in [6.45, 7) is 10.5. The summed E-state index contributed by atoms with van der Waals surface area (Å²) in [7, 11) is 0. The Kier molecular flexibility index (Phi) is 6.24. The summed E-state index contributed by atoms with van der Waals surface area (Å²) < 4.78 is 5.51. The van der Waals surface area contributed by atoms with Crippen molar-refractivity contribution in [1.29, 1.82) is 0 Å². The first-order valence-corrected chi connectivity index (χ1v) is 8.75. The predicted molar refractivity (Wildman–Crippen MR) is 95.0 cm³/mol. The SMILES string of the molecule is CCc1ccc(C2CN(C(=O)OC(C)(C)C)CCN2CCO)cc1. The maximum Gasteiger partial charge on any atom is 0.410 e. The molecule has 134 valence electrons. The molecule has 1 fully saturated rings. The van der Waals surface area contributed by atoms with Crippen LogP contribution in [-0.2, 0) is 11.2 Å². The number of aliphatic hydroxyl groups is 1. The fourth-order valence-corrected chi connectivity index (χ4v) is 3.00. The molecule has 1 amide bonds. The first-order chi connectivity index (χ1) is 11.3. The van der Waals surface area contributed by atoms with Gasteiger partial charge in [-0.3, -0.25) is 4.90 Å². The van der Waals surface area contributed by atoms with E-state index in [-0.39, 0.29) is 18.7 Å². The molecule has 1 heterocycles. The highest BCUT2D eigenvalue weighted by Gasteiger charge is 2.32. The zero-order chi connectivity index (χ0) is 17.7. The Morgan fingerprint density at radius 3 is 2.46 bits per heavy atom. The lowest BCUT2D eigenvalue weighted by atomic mass is 10.0. The second kappa shape index (κ2) is 7.99. The molecule has 0 bridgehead atoms. The predicted octanol–water partition coefficient (Wildman–Crippen LogP) is 2.84. The molecular weight excluding hydrogens is 304 g/mol. The average molecular weight is 334 g/mol. The minimum absolute atomic E-state index is 0.0873. The molecule has 1 saturated heterocycles. The molecule has 1 atom stereocenters. The topological polar surface area (TPSA) is 53.0 Å². The Bertz CT molecular complexity index is 537. The van der Waals surface area contributed by atoms with Gasteiger partial charge in [-0.05, 0) is 38.3 Å². The van der Waals surface area contributed by atoms with Crippen LogP contribution < -0.4 is 0 Å². The molecule has 1 aromatic carbocycles. The highest BCUT2D eigenvalue weighted by Crippen LogP contribution is 2.26. The molecule has 2 rings (SSSR count). The zero-order valence-corrected chi connectivity index (χ0v) is 15.3. The van der Waals surface area contributed by atoms with Gasteiger partial charge in [0.1, 0.15) is 5.60 Å². The Morgan fingerprint density at radius 2 is 1.92 bits per heavy atom. The normalized spacial score (nSPS) is 19.4. The number of nitrogens with zero attached hydrogens (tertiary/aromatic N) is 2. The van der Waals surface area contributed by atoms with Gasteiger partial charge in [-0.1, -0.05) is 31.2 Å². The van der Waals surface area contributed by atoms with Crippen LogP contribution in [0.25, 0.3) is 0 Å². The summed E-state index contributed by atoms with van der Waals surface area (Å²) in [6.07, 6.45) is 0.747. The standard InChI is InChI=1S/C19H30N2O3/c1-5-15-6-8-16(9-7-15)17-14-21(11-10-20(17)12-13-22)18(23)24-19(2,3)4/h6-9,17,22H,5,10-14H2,1-4H3. The van der Waals surface area contributed by atoms with Gasteiger partial charge in [-0.15, -0.1) is 0 Å². The smallest absolute Gasteiger partial charge is 0.410 e. The molecule has 0 aromatic heterocycles. The summed E-state index contributed by atoms with van der Waals surface area (Å²) in [5.41, 5.74) is 1.98. The highest BCUT2D eigenvalue weighted by molar-refractivity contribution is 5.68. The molecule has 5 nitrogen and oxygen atoms in total. The van der Waals surface area contributed by atoms with Crippen LogP contribution in [-0.4, -0.2) is 59.4 Å². The molecule has 0 spiro atoms. The lowest BCUT2D eigenvalue weighted by Crippen LogP contribution is -2.52. The Balaban J connectivity index is 2.14. The van der Waals surface area contributed by atoms with Gasteiger partial charge in [-0.2, -0.15) is 0 Å². The zero-order valence-electron chi connectivity index (χ0n) is 15.3. The number of carbonyl (C=O) groups excluding carboxylic acids is 1. The molecule has 0 radical (unpaired) electrons. The fraction of sp³-hybridized carbons (Fsp3) is 0.632. The van der Waals surface area contributed by atoms with Crippen LogP contribution >= 0.6 is 0 Å². The summed E-state index contributed by atoms with van der Waals surface area (Å²) in [6, 6.07) is 8.63. The van der Waals surface area contributed by atoms with Crippen molar-refractivity contribution in [3.8, 4) is 0 Å². The number of hydrogen-bond acceptors (Lipinski definition) is 4. The van der Waals surface area contributed by atoms with Gasteiger partial charge in [0, 0.05) is 26.2 Å². The number of aliphatic hydroxyl groups excluding tert-OH is 1. The maximum absolute atomic E-state index is 12.4. The molecule has 1 aliphatic heterocycles. The van der Waals surface area contributed by atoms with E-state index in [2.05, 4.69) is 36.1 Å². The van der Waals surface area contributed by atoms with Crippen LogP contribution in [0.5, 0.6) is 0 Å². The number of aryl methyl sites for hydroxylation is 1. The quantitative estimate of drug-likeness (QED) is 0.920. The summed E-state index contributed by atoms with van der Waals surface area (Å²) in [5.74, 6) is 0. The van der Waals surface area contributed by atoms with E-state index in [1.807, 2.05) is 20.8 Å². The molecule has 0 aliphatic carbocycles. The fourth-order valence-electron chi connectivity index (χ4n) is 3.00. The van der Waals surface area contributed by atoms with E-state index in [4.69, 9.17) is 4.74 Å². The van der Waals surface area contributed by atoms with Gasteiger partial charge >= 0.3 is 6.09 Å². The molecule has 1 N–H and O–H groups in total. The third-order valence-electron chi connectivity index (χ3n) is 4.30. The number of hydrogen-bond donors (Lipinski definition) is 1. The van der Waals surface area contributed by atoms with Crippen LogP contribution in [0.4, 0.5) is 4.79 Å². The van der Waals surface area contributed by atoms with Crippen LogP contribution in [0.1, 0.15) is 44.9 Å². The number of piperazine rings is 1. The van der Waals surface area contributed by atoms with E-state index >= 15 is 0 Å². The van der Waals surface area contributed by atoms with Crippen molar-refractivity contribution in [3.05, 3.63) is 35.4 Å². The molecule has 1 aromatic rings. The molecule has 24 heavy (non-hydrogen) atoms. The van der Waals surface area contributed by atoms with Gasteiger partial charge in [0.05, 0.1) is 12.6 Å². The number of β-amino-alcohol motifs (C(OH)–C–C–N with tert-alkyl or cyclic N) is 1. The van der Waals surface area contributed by atoms with E-state index in [0.717, 1.165) is 13.0 Å². The van der Waals surface area contributed by atoms with Crippen molar-refractivity contribution < 1.29 is 14.6 Å². The number of benzene rings is 1. The summed E-state index contributed by atoms with van der Waals surface area (Å²) in [5, 5.41) is 9.35. The molecule has 1 aliphatic rings. The number of rotatable bonds is 4. The van der Waals surface area contributed by atoms with E-state index in [0.29, 0.717) is 19.6 Å². The van der Waals surface area contributed by atoms with E-state index in [1.165, 1.54) is 11.1 Å². The minimum atomic E-state index is -0.489. The van der Waals surface area contributed by atoms with Crippen molar-refractivity contribution in [2.45, 2.75) is 45.8 Å². The molecule has 5 heteroatoms. The second-order valence-corrected chi connectivity index (χ2v) is 7.30. The lowest BCUT2D eigenvalue weighted by Gasteiger charge is -2.41. The van der Waals surface area contributed by atoms with Crippen molar-refractivity contribution in [3.63, 3.8) is 0 Å². The van der Waals surface area contributed by atoms with Gasteiger partial charge in [0.25, 0.3) is 0 Å². The average Bonchev–Trinajstić information content (AvgIpc) is 2.54. The van der Waals surface area contributed by atoms with Crippen LogP contribution in [0.15, 0.2) is 24.3 Å². The summed E-state index contributed by atoms with van der Waals surface area (Å²) >= 11 is 0. The molecular formula is C19H30N2O3. The second-order valence-electron chi connectivity index (χ2n) is 7.30. The van der Waals surface area contributed by atoms with Gasteiger partial charge in [0.15, 0.2) is 0 Å². The van der Waals surface area contributed by atoms with Crippen molar-refractivity contribution in [2.75, 3.05) is 32.8 Å². The van der Waals surface area contributed by atoms with Crippen molar-refractivity contribution in [1.82, 2.24) is 9.80 Å². The van der Waals surface area contributed by atoms with E-state index < -0.39 is 5.60 Å². The Hall–Kier alpha value is -1.59. The number of amides is 1. The van der Waals surface area contributed by atoms with Crippen LogP contribution in [0.2, 0.25) is 0 Å². The van der Waals surface area contributed by atoms with Crippen molar-refractivity contribution >= 4 is 6.09 Å². The molecule has 0 saturated carbocycles. The number of ether oxygens (including phenoxy) is 1. The van der Waals surface area contributed by atoms with E-state index in [9.17, 15) is 9.90 Å². The number of carbonyl (C=O) groups is 1. The third kappa shape index (κ3) is 4.95. The minimum Gasteiger partial charge on any atom is -0.444 e. The lowest BCUT2D eigenvalue weighted by molar-refractivity contribution is 0.00121. The van der Waals surface area contributed by atoms with Gasteiger partial charge in [0.2, 0.25) is 0 Å². The maximum atomic E-state index is 12.4. The first kappa shape index (κ1) is 18.7. The Morgan fingerprint density at radius 1 is 1.25 bits per heavy atom. The summed E-state index contributed by atoms with van der Waals surface area (Å²) in [4.78, 5) is 16.4. The monoisotopic (exact) mass is 334 g/mol. The van der Waals surface area contributed by atoms with Crippen LogP contribution in [0.3, 0.4) is 0 Å². The van der Waals surface area contributed by atoms with Gasteiger partial charge in [-0.25, -0.2) is 4.79 Å². The highest BCUT2D eigenvalue weighted by atomic mass is 16.6. The van der Waals surface area contributed by atoms with Gasteiger partial charge < -0.3 is 14.7 Å².